The van der Waals surface area contributed by atoms with Crippen molar-refractivity contribution in [3.8, 4) is 0 Å². The number of pyridine rings is 1. The van der Waals surface area contributed by atoms with Crippen molar-refractivity contribution >= 4 is 15.7 Å². The minimum atomic E-state index is -3.67. The summed E-state index contributed by atoms with van der Waals surface area (Å²) >= 11 is 0. The largest absolute Gasteiger partial charge is 0.383 e. The van der Waals surface area contributed by atoms with E-state index in [0.717, 1.165) is 0 Å². The number of nitrogens with zero attached hydrogens (tertiary/aromatic N) is 2. The van der Waals surface area contributed by atoms with Crippen molar-refractivity contribution < 1.29 is 8.42 Å². The second kappa shape index (κ2) is 5.81. The van der Waals surface area contributed by atoms with Crippen LogP contribution in [0.5, 0.6) is 0 Å². The molecule has 0 aliphatic rings. The molecule has 2 rings (SSSR count). The van der Waals surface area contributed by atoms with Gasteiger partial charge in [0.2, 0.25) is 0 Å². The number of rotatable bonds is 6. The number of hydrogen-bond acceptors (Lipinski definition) is 5. The van der Waals surface area contributed by atoms with E-state index in [1.54, 1.807) is 24.5 Å². The zero-order chi connectivity index (χ0) is 13.7. The van der Waals surface area contributed by atoms with E-state index in [0.29, 0.717) is 18.1 Å². The molecule has 2 aromatic heterocycles. The predicted molar refractivity (Wildman–Crippen MR) is 71.0 cm³/mol. The van der Waals surface area contributed by atoms with Crippen LogP contribution in [-0.2, 0) is 16.6 Å². The van der Waals surface area contributed by atoms with Gasteiger partial charge in [0.25, 0.3) is 10.0 Å². The highest BCUT2D eigenvalue weighted by Crippen LogP contribution is 2.17. The molecule has 0 saturated heterocycles. The molecule has 19 heavy (non-hydrogen) atoms. The molecule has 0 aromatic carbocycles. The summed E-state index contributed by atoms with van der Waals surface area (Å²) in [5.41, 5.74) is 0.483. The Balaban J connectivity index is 2.19. The highest BCUT2D eigenvalue weighted by atomic mass is 32.2. The Morgan fingerprint density at radius 3 is 2.84 bits per heavy atom. The van der Waals surface area contributed by atoms with Crippen molar-refractivity contribution in [2.75, 3.05) is 11.9 Å². The SMILES string of the molecule is CCNc1cccnc1S(=O)(=O)NCc1ncc[nH]1. The van der Waals surface area contributed by atoms with Crippen LogP contribution >= 0.6 is 0 Å². The first-order chi connectivity index (χ1) is 9.13. The summed E-state index contributed by atoms with van der Waals surface area (Å²) in [7, 11) is -3.67. The van der Waals surface area contributed by atoms with Gasteiger partial charge >= 0.3 is 0 Å². The summed E-state index contributed by atoms with van der Waals surface area (Å²) in [6.45, 7) is 2.60. The topological polar surface area (TPSA) is 99.8 Å². The first kappa shape index (κ1) is 13.5. The summed E-state index contributed by atoms with van der Waals surface area (Å²) < 4.78 is 26.8. The van der Waals surface area contributed by atoms with Crippen LogP contribution in [0.3, 0.4) is 0 Å². The summed E-state index contributed by atoms with van der Waals surface area (Å²) in [6, 6.07) is 3.36. The third-order valence-electron chi connectivity index (χ3n) is 2.38. The average molecular weight is 281 g/mol. The molecular formula is C11H15N5O2S. The van der Waals surface area contributed by atoms with Gasteiger partial charge in [-0.05, 0) is 19.1 Å². The van der Waals surface area contributed by atoms with E-state index in [-0.39, 0.29) is 11.6 Å². The minimum absolute atomic E-state index is 0.0107. The van der Waals surface area contributed by atoms with E-state index in [4.69, 9.17) is 0 Å². The summed E-state index contributed by atoms with van der Waals surface area (Å²) in [6.07, 6.45) is 4.64. The lowest BCUT2D eigenvalue weighted by atomic mass is 10.4. The van der Waals surface area contributed by atoms with E-state index in [9.17, 15) is 8.42 Å². The van der Waals surface area contributed by atoms with Crippen LogP contribution in [0.2, 0.25) is 0 Å². The highest BCUT2D eigenvalue weighted by molar-refractivity contribution is 7.89. The molecule has 2 aromatic rings. The Hall–Kier alpha value is -1.93. The van der Waals surface area contributed by atoms with Gasteiger partial charge in [0, 0.05) is 25.1 Å². The minimum Gasteiger partial charge on any atom is -0.383 e. The maximum Gasteiger partial charge on any atom is 0.260 e. The molecule has 0 radical (unpaired) electrons. The first-order valence-corrected chi connectivity index (χ1v) is 7.28. The van der Waals surface area contributed by atoms with Gasteiger partial charge < -0.3 is 10.3 Å². The normalized spacial score (nSPS) is 11.4. The Morgan fingerprint density at radius 2 is 2.16 bits per heavy atom. The van der Waals surface area contributed by atoms with Crippen molar-refractivity contribution in [3.05, 3.63) is 36.5 Å². The summed E-state index contributed by atoms with van der Waals surface area (Å²) in [4.78, 5) is 10.7. The molecule has 0 aliphatic heterocycles. The standard InChI is InChI=1S/C11H15N5O2S/c1-2-12-9-4-3-5-15-11(9)19(17,18)16-8-10-13-6-7-14-10/h3-7,12,16H,2,8H2,1H3,(H,13,14). The lowest BCUT2D eigenvalue weighted by molar-refractivity contribution is 0.576. The molecule has 3 N–H and O–H groups in total. The smallest absolute Gasteiger partial charge is 0.260 e. The zero-order valence-electron chi connectivity index (χ0n) is 10.4. The van der Waals surface area contributed by atoms with Crippen LogP contribution in [0.15, 0.2) is 35.7 Å². The van der Waals surface area contributed by atoms with Gasteiger partial charge in [0.05, 0.1) is 12.2 Å². The fourth-order valence-electron chi connectivity index (χ4n) is 1.56. The number of H-pyrrole nitrogens is 1. The van der Waals surface area contributed by atoms with E-state index in [1.807, 2.05) is 6.92 Å². The average Bonchev–Trinajstić information content (AvgIpc) is 2.91. The van der Waals surface area contributed by atoms with Gasteiger partial charge in [0.15, 0.2) is 5.03 Å². The Morgan fingerprint density at radius 1 is 1.32 bits per heavy atom. The Kier molecular flexibility index (Phi) is 4.13. The van der Waals surface area contributed by atoms with Crippen molar-refractivity contribution in [1.82, 2.24) is 19.7 Å². The molecule has 0 unspecified atom stereocenters. The monoisotopic (exact) mass is 281 g/mol. The van der Waals surface area contributed by atoms with E-state index >= 15 is 0 Å². The van der Waals surface area contributed by atoms with Gasteiger partial charge in [-0.25, -0.2) is 23.1 Å². The second-order valence-corrected chi connectivity index (χ2v) is 5.43. The second-order valence-electron chi connectivity index (χ2n) is 3.75. The maximum atomic E-state index is 12.2. The van der Waals surface area contributed by atoms with Crippen molar-refractivity contribution in [3.63, 3.8) is 0 Å². The Bertz CT molecular complexity index is 624. The molecule has 0 atom stereocenters. The molecule has 0 bridgehead atoms. The fourth-order valence-corrected chi connectivity index (χ4v) is 2.65. The molecule has 102 valence electrons. The number of nitrogens with one attached hydrogen (secondary N) is 3. The zero-order valence-corrected chi connectivity index (χ0v) is 11.2. The van der Waals surface area contributed by atoms with Crippen molar-refractivity contribution in [2.45, 2.75) is 18.5 Å². The molecule has 0 aliphatic carbocycles. The molecule has 0 amide bonds. The molecular weight excluding hydrogens is 266 g/mol. The number of hydrogen-bond donors (Lipinski definition) is 3. The lowest BCUT2D eigenvalue weighted by Gasteiger charge is -2.10. The quantitative estimate of drug-likeness (QED) is 0.724. The van der Waals surface area contributed by atoms with Crippen LogP contribution in [0.4, 0.5) is 5.69 Å². The van der Waals surface area contributed by atoms with Crippen LogP contribution in [0.25, 0.3) is 0 Å². The van der Waals surface area contributed by atoms with E-state index in [2.05, 4.69) is 25.0 Å². The van der Waals surface area contributed by atoms with E-state index < -0.39 is 10.0 Å². The maximum absolute atomic E-state index is 12.2. The van der Waals surface area contributed by atoms with Crippen LogP contribution in [0, 0.1) is 0 Å². The van der Waals surface area contributed by atoms with Gasteiger partial charge in [-0.3, -0.25) is 0 Å². The molecule has 0 fully saturated rings. The van der Waals surface area contributed by atoms with Crippen molar-refractivity contribution in [2.24, 2.45) is 0 Å². The van der Waals surface area contributed by atoms with Gasteiger partial charge in [-0.15, -0.1) is 0 Å². The Labute approximate surface area is 111 Å². The lowest BCUT2D eigenvalue weighted by Crippen LogP contribution is -2.25. The van der Waals surface area contributed by atoms with Crippen LogP contribution < -0.4 is 10.0 Å². The van der Waals surface area contributed by atoms with E-state index in [1.165, 1.54) is 6.20 Å². The predicted octanol–water partition coefficient (Wildman–Crippen LogP) is 0.715. The first-order valence-electron chi connectivity index (χ1n) is 5.80. The molecule has 0 spiro atoms. The molecule has 2 heterocycles. The third-order valence-corrected chi connectivity index (χ3v) is 3.74. The number of sulfonamides is 1. The van der Waals surface area contributed by atoms with Gasteiger partial charge in [-0.1, -0.05) is 0 Å². The third kappa shape index (κ3) is 3.30. The molecule has 0 saturated carbocycles. The number of imidazole rings is 1. The highest BCUT2D eigenvalue weighted by Gasteiger charge is 2.19. The number of aromatic amines is 1. The molecule has 8 heteroatoms. The van der Waals surface area contributed by atoms with Crippen LogP contribution in [0.1, 0.15) is 12.7 Å². The summed E-state index contributed by atoms with van der Waals surface area (Å²) in [5.74, 6) is 0.546. The number of anilines is 1. The van der Waals surface area contributed by atoms with Gasteiger partial charge in [-0.2, -0.15) is 0 Å². The van der Waals surface area contributed by atoms with Crippen molar-refractivity contribution in [1.29, 1.82) is 0 Å². The number of aromatic nitrogens is 3. The molecule has 7 nitrogen and oxygen atoms in total. The van der Waals surface area contributed by atoms with Gasteiger partial charge in [0.1, 0.15) is 5.82 Å². The summed E-state index contributed by atoms with van der Waals surface area (Å²) in [5, 5.41) is 2.96. The fraction of sp³-hybridized carbons (Fsp3) is 0.273. The van der Waals surface area contributed by atoms with Crippen LogP contribution in [-0.4, -0.2) is 29.9 Å².